The van der Waals surface area contributed by atoms with Gasteiger partial charge >= 0.3 is 22.4 Å². The summed E-state index contributed by atoms with van der Waals surface area (Å²) in [7, 11) is 0. The summed E-state index contributed by atoms with van der Waals surface area (Å²) in [4.78, 5) is 0. The zero-order valence-electron chi connectivity index (χ0n) is 6.35. The first-order chi connectivity index (χ1) is 4.43. The van der Waals surface area contributed by atoms with Crippen LogP contribution in [0.5, 0.6) is 0 Å². The number of rotatable bonds is 3. The molecule has 6 heteroatoms. The Labute approximate surface area is 93.0 Å². The molecule has 0 spiro atoms. The van der Waals surface area contributed by atoms with E-state index in [-0.39, 0.29) is 39.4 Å². The Morgan fingerprint density at radius 2 is 2.27 bits per heavy atom. The van der Waals surface area contributed by atoms with E-state index >= 15 is 0 Å². The normalized spacial score (nSPS) is 15.0. The molecule has 1 aliphatic heterocycles. The van der Waals surface area contributed by atoms with E-state index in [2.05, 4.69) is 22.8 Å². The predicted molar refractivity (Wildman–Crippen MR) is 34.5 cm³/mol. The third-order valence-electron chi connectivity index (χ3n) is 1.27. The first kappa shape index (κ1) is 14.1. The molecule has 0 radical (unpaired) electrons. The first-order valence-corrected chi connectivity index (χ1v) is 3.30. The standard InChI is InChI=1S/C5H12N4.Ag.BrH/c1-2-3-4-9-5-6-7-8-9;;/h2-5H2,1H3,(H,6,8);;1H/q;+1;/p-1. The fraction of sp³-hybridized carbons (Fsp3) is 1.00. The van der Waals surface area contributed by atoms with Gasteiger partial charge in [0.15, 0.2) is 0 Å². The van der Waals surface area contributed by atoms with Gasteiger partial charge in [-0.05, 0) is 6.42 Å². The average Bonchev–Trinajstić information content (AvgIpc) is 2.34. The third kappa shape index (κ3) is 5.81. The summed E-state index contributed by atoms with van der Waals surface area (Å²) in [5, 5.41) is 9.37. The molecule has 1 heterocycles. The molecule has 0 atom stereocenters. The first-order valence-electron chi connectivity index (χ1n) is 3.30. The van der Waals surface area contributed by atoms with Crippen molar-refractivity contribution in [1.82, 2.24) is 10.5 Å². The molecular formula is C5H12AgBrN4. The van der Waals surface area contributed by atoms with E-state index in [0.29, 0.717) is 6.67 Å². The van der Waals surface area contributed by atoms with Gasteiger partial charge in [0.05, 0.1) is 0 Å². The van der Waals surface area contributed by atoms with E-state index in [1.54, 1.807) is 0 Å². The number of hydrogen-bond donors (Lipinski definition) is 1. The van der Waals surface area contributed by atoms with Crippen LogP contribution in [0.25, 0.3) is 0 Å². The van der Waals surface area contributed by atoms with Crippen molar-refractivity contribution in [2.24, 2.45) is 10.3 Å². The van der Waals surface area contributed by atoms with Gasteiger partial charge < -0.3 is 17.0 Å². The summed E-state index contributed by atoms with van der Waals surface area (Å²) in [5.41, 5.74) is 2.78. The number of nitrogens with one attached hydrogen (secondary N) is 1. The molecule has 1 N–H and O–H groups in total. The van der Waals surface area contributed by atoms with Gasteiger partial charge in [-0.1, -0.05) is 18.6 Å². The molecule has 0 aromatic carbocycles. The molecule has 11 heavy (non-hydrogen) atoms. The SMILES string of the molecule is CCCCN1CN=NN1.[Ag+].[Br-]. The van der Waals surface area contributed by atoms with Crippen LogP contribution in [-0.4, -0.2) is 18.2 Å². The van der Waals surface area contributed by atoms with Gasteiger partial charge in [0.1, 0.15) is 6.67 Å². The minimum Gasteiger partial charge on any atom is -1.00 e. The molecular weight excluding hydrogens is 304 g/mol. The van der Waals surface area contributed by atoms with Gasteiger partial charge in [-0.3, -0.25) is 0 Å². The molecule has 0 bridgehead atoms. The van der Waals surface area contributed by atoms with Gasteiger partial charge in [0.2, 0.25) is 0 Å². The Hall–Kier alpha value is 0.580. The van der Waals surface area contributed by atoms with E-state index < -0.39 is 0 Å². The van der Waals surface area contributed by atoms with E-state index in [1.165, 1.54) is 12.8 Å². The summed E-state index contributed by atoms with van der Waals surface area (Å²) in [6.45, 7) is 3.92. The molecule has 0 amide bonds. The van der Waals surface area contributed by atoms with Crippen LogP contribution in [0.2, 0.25) is 0 Å². The van der Waals surface area contributed by atoms with E-state index in [1.807, 2.05) is 5.01 Å². The monoisotopic (exact) mass is 314 g/mol. The molecule has 4 nitrogen and oxygen atoms in total. The van der Waals surface area contributed by atoms with Crippen LogP contribution < -0.4 is 22.5 Å². The minimum atomic E-state index is 0. The molecule has 0 aromatic rings. The average molecular weight is 316 g/mol. The third-order valence-corrected chi connectivity index (χ3v) is 1.27. The second-order valence-corrected chi connectivity index (χ2v) is 2.10. The summed E-state index contributed by atoms with van der Waals surface area (Å²) in [5.74, 6) is 0. The molecule has 0 fully saturated rings. The van der Waals surface area contributed by atoms with Crippen molar-refractivity contribution in [2.75, 3.05) is 13.2 Å². The Kier molecular flexibility index (Phi) is 11.1. The van der Waals surface area contributed by atoms with Crippen molar-refractivity contribution < 1.29 is 39.4 Å². The Balaban J connectivity index is 0. The van der Waals surface area contributed by atoms with Crippen LogP contribution in [0, 0.1) is 0 Å². The van der Waals surface area contributed by atoms with Gasteiger partial charge in [0, 0.05) is 6.54 Å². The number of hydrogen-bond acceptors (Lipinski definition) is 4. The number of halogens is 1. The maximum absolute atomic E-state index is 3.76. The quantitative estimate of drug-likeness (QED) is 0.608. The van der Waals surface area contributed by atoms with Crippen LogP contribution >= 0.6 is 0 Å². The molecule has 0 saturated heterocycles. The van der Waals surface area contributed by atoms with Crippen LogP contribution in [0.4, 0.5) is 0 Å². The number of unbranched alkanes of at least 4 members (excludes halogenated alkanes) is 1. The van der Waals surface area contributed by atoms with Crippen molar-refractivity contribution in [3.8, 4) is 0 Å². The van der Waals surface area contributed by atoms with Crippen molar-refractivity contribution in [3.63, 3.8) is 0 Å². The summed E-state index contributed by atoms with van der Waals surface area (Å²) in [6, 6.07) is 0. The summed E-state index contributed by atoms with van der Waals surface area (Å²) < 4.78 is 0. The van der Waals surface area contributed by atoms with Crippen LogP contribution in [-0.2, 0) is 22.4 Å². The van der Waals surface area contributed by atoms with Crippen molar-refractivity contribution in [3.05, 3.63) is 0 Å². The fourth-order valence-electron chi connectivity index (χ4n) is 0.704. The van der Waals surface area contributed by atoms with Crippen molar-refractivity contribution in [2.45, 2.75) is 19.8 Å². The molecule has 0 saturated carbocycles. The zero-order chi connectivity index (χ0) is 6.53. The molecule has 0 aromatic heterocycles. The zero-order valence-corrected chi connectivity index (χ0v) is 9.42. The Bertz CT molecular complexity index is 103. The van der Waals surface area contributed by atoms with E-state index in [4.69, 9.17) is 0 Å². The Morgan fingerprint density at radius 3 is 2.73 bits per heavy atom. The Morgan fingerprint density at radius 1 is 1.55 bits per heavy atom. The van der Waals surface area contributed by atoms with Crippen molar-refractivity contribution >= 4 is 0 Å². The maximum Gasteiger partial charge on any atom is 1.00 e. The van der Waals surface area contributed by atoms with E-state index in [9.17, 15) is 0 Å². The molecule has 70 valence electrons. The van der Waals surface area contributed by atoms with E-state index in [0.717, 1.165) is 6.54 Å². The summed E-state index contributed by atoms with van der Waals surface area (Å²) in [6.07, 6.45) is 2.43. The van der Waals surface area contributed by atoms with Crippen LogP contribution in [0.1, 0.15) is 19.8 Å². The van der Waals surface area contributed by atoms with Gasteiger partial charge in [-0.25, -0.2) is 5.53 Å². The van der Waals surface area contributed by atoms with Gasteiger partial charge in [0.25, 0.3) is 0 Å². The molecule has 0 unspecified atom stereocenters. The maximum atomic E-state index is 3.76. The topological polar surface area (TPSA) is 40.0 Å². The second-order valence-electron chi connectivity index (χ2n) is 2.10. The number of nitrogens with zero attached hydrogens (tertiary/aromatic N) is 3. The van der Waals surface area contributed by atoms with Gasteiger partial charge in [-0.15, -0.1) is 0 Å². The number of hydrazine groups is 1. The molecule has 1 aliphatic rings. The van der Waals surface area contributed by atoms with Crippen LogP contribution in [0.15, 0.2) is 10.3 Å². The largest absolute Gasteiger partial charge is 1.00 e. The van der Waals surface area contributed by atoms with Crippen LogP contribution in [0.3, 0.4) is 0 Å². The fourth-order valence-corrected chi connectivity index (χ4v) is 0.704. The smallest absolute Gasteiger partial charge is 1.00 e. The molecule has 0 aliphatic carbocycles. The summed E-state index contributed by atoms with van der Waals surface area (Å²) >= 11 is 0. The van der Waals surface area contributed by atoms with Crippen molar-refractivity contribution in [1.29, 1.82) is 0 Å². The minimum absolute atomic E-state index is 0. The van der Waals surface area contributed by atoms with Gasteiger partial charge in [-0.2, -0.15) is 10.1 Å². The predicted octanol–water partition coefficient (Wildman–Crippen LogP) is -2.07. The second kappa shape index (κ2) is 8.67. The molecule has 1 rings (SSSR count).